The molecule has 0 heterocycles. The predicted molar refractivity (Wildman–Crippen MR) is 129 cm³/mol. The lowest BCUT2D eigenvalue weighted by atomic mass is 9.91. The second kappa shape index (κ2) is 19.4. The second-order valence-electron chi connectivity index (χ2n) is 8.44. The molecule has 11 nitrogen and oxygen atoms in total. The standard InChI is InChI=1S/C22H45N7O4/c23-11-4-1-8-17(25)19(30)15-16(21(32)29-14-10-20(27)31)7-3-6-13-28-22(33)18(26)9-2-5-12-24/h16-18H,1-15,23-26H2,(H2,27,31)(H,28,33)(H,29,32)/t16-,17+,18+/m1/s1. The van der Waals surface area contributed by atoms with E-state index in [9.17, 15) is 19.2 Å². The molecule has 0 spiro atoms. The van der Waals surface area contributed by atoms with Crippen LogP contribution >= 0.6 is 0 Å². The van der Waals surface area contributed by atoms with Gasteiger partial charge in [0.15, 0.2) is 0 Å². The van der Waals surface area contributed by atoms with E-state index in [1.165, 1.54) is 0 Å². The number of hydrogen-bond acceptors (Lipinski definition) is 8. The number of carbonyl (C=O) groups excluding carboxylic acids is 4. The Kier molecular flexibility index (Phi) is 18.2. The molecule has 0 aliphatic carbocycles. The Hall–Kier alpha value is -2.08. The van der Waals surface area contributed by atoms with Crippen LogP contribution in [-0.2, 0) is 19.2 Å². The highest BCUT2D eigenvalue weighted by Gasteiger charge is 2.24. The number of hydrogen-bond donors (Lipinski definition) is 7. The van der Waals surface area contributed by atoms with E-state index in [4.69, 9.17) is 28.7 Å². The zero-order chi connectivity index (χ0) is 25.1. The summed E-state index contributed by atoms with van der Waals surface area (Å²) in [5.74, 6) is -1.74. The minimum Gasteiger partial charge on any atom is -0.370 e. The Balaban J connectivity index is 4.55. The van der Waals surface area contributed by atoms with E-state index in [2.05, 4.69) is 10.6 Å². The molecule has 33 heavy (non-hydrogen) atoms. The molecule has 0 aliphatic rings. The molecule has 0 fully saturated rings. The van der Waals surface area contributed by atoms with Crippen molar-refractivity contribution in [2.75, 3.05) is 26.2 Å². The van der Waals surface area contributed by atoms with Crippen LogP contribution in [-0.4, -0.2) is 61.8 Å². The summed E-state index contributed by atoms with van der Waals surface area (Å²) in [4.78, 5) is 48.0. The minimum absolute atomic E-state index is 0.0303. The van der Waals surface area contributed by atoms with Crippen molar-refractivity contribution in [3.05, 3.63) is 0 Å². The summed E-state index contributed by atoms with van der Waals surface area (Å²) >= 11 is 0. The molecule has 0 aromatic rings. The van der Waals surface area contributed by atoms with Gasteiger partial charge in [-0.2, -0.15) is 0 Å². The molecule has 192 valence electrons. The highest BCUT2D eigenvalue weighted by molar-refractivity contribution is 5.89. The Bertz CT molecular complexity index is 589. The van der Waals surface area contributed by atoms with Gasteiger partial charge in [-0.15, -0.1) is 0 Å². The van der Waals surface area contributed by atoms with Crippen molar-refractivity contribution in [3.8, 4) is 0 Å². The van der Waals surface area contributed by atoms with E-state index in [1.807, 2.05) is 0 Å². The highest BCUT2D eigenvalue weighted by Crippen LogP contribution is 2.16. The molecular weight excluding hydrogens is 426 g/mol. The molecular formula is C22H45N7O4. The number of ketones is 1. The van der Waals surface area contributed by atoms with Crippen molar-refractivity contribution in [1.29, 1.82) is 0 Å². The van der Waals surface area contributed by atoms with Crippen LogP contribution < -0.4 is 39.3 Å². The lowest BCUT2D eigenvalue weighted by Gasteiger charge is -2.18. The van der Waals surface area contributed by atoms with Gasteiger partial charge in [0.1, 0.15) is 5.78 Å². The van der Waals surface area contributed by atoms with Gasteiger partial charge in [0.05, 0.1) is 12.1 Å². The second-order valence-corrected chi connectivity index (χ2v) is 8.44. The van der Waals surface area contributed by atoms with Crippen LogP contribution in [0.3, 0.4) is 0 Å². The van der Waals surface area contributed by atoms with Gasteiger partial charge in [0.2, 0.25) is 17.7 Å². The van der Waals surface area contributed by atoms with Gasteiger partial charge in [-0.25, -0.2) is 0 Å². The molecule has 0 radical (unpaired) electrons. The van der Waals surface area contributed by atoms with E-state index in [-0.39, 0.29) is 37.0 Å². The summed E-state index contributed by atoms with van der Waals surface area (Å²) in [5, 5.41) is 5.47. The number of nitrogens with two attached hydrogens (primary N) is 5. The Morgan fingerprint density at radius 1 is 0.667 bits per heavy atom. The monoisotopic (exact) mass is 471 g/mol. The summed E-state index contributed by atoms with van der Waals surface area (Å²) in [7, 11) is 0. The Labute approximate surface area is 197 Å². The van der Waals surface area contributed by atoms with Crippen LogP contribution in [0.2, 0.25) is 0 Å². The van der Waals surface area contributed by atoms with E-state index in [0.717, 1.165) is 25.7 Å². The quantitative estimate of drug-likeness (QED) is 0.0999. The average molecular weight is 472 g/mol. The first-order valence-corrected chi connectivity index (χ1v) is 12.0. The van der Waals surface area contributed by atoms with Crippen molar-refractivity contribution in [1.82, 2.24) is 10.6 Å². The Morgan fingerprint density at radius 3 is 1.79 bits per heavy atom. The minimum atomic E-state index is -0.627. The molecule has 0 unspecified atom stereocenters. The van der Waals surface area contributed by atoms with Crippen LogP contribution in [0.15, 0.2) is 0 Å². The maximum atomic E-state index is 12.6. The summed E-state index contributed by atoms with van der Waals surface area (Å²) in [5.41, 5.74) is 27.9. The maximum absolute atomic E-state index is 12.6. The fourth-order valence-electron chi connectivity index (χ4n) is 3.34. The zero-order valence-corrected chi connectivity index (χ0v) is 19.9. The lowest BCUT2D eigenvalue weighted by Crippen LogP contribution is -2.41. The number of Topliss-reactive ketones (excluding diaryl/α,β-unsaturated/α-hetero) is 1. The number of carbonyl (C=O) groups is 4. The maximum Gasteiger partial charge on any atom is 0.236 e. The highest BCUT2D eigenvalue weighted by atomic mass is 16.2. The van der Waals surface area contributed by atoms with E-state index >= 15 is 0 Å². The molecule has 12 N–H and O–H groups in total. The molecule has 0 aliphatic heterocycles. The molecule has 0 saturated heterocycles. The van der Waals surface area contributed by atoms with E-state index in [1.54, 1.807) is 0 Å². The molecule has 11 heteroatoms. The Morgan fingerprint density at radius 2 is 1.21 bits per heavy atom. The van der Waals surface area contributed by atoms with E-state index in [0.29, 0.717) is 51.7 Å². The fourth-order valence-corrected chi connectivity index (χ4v) is 3.34. The summed E-state index contributed by atoms with van der Waals surface area (Å²) in [6.45, 7) is 1.68. The van der Waals surface area contributed by atoms with Crippen molar-refractivity contribution in [2.24, 2.45) is 34.6 Å². The van der Waals surface area contributed by atoms with Crippen molar-refractivity contribution >= 4 is 23.5 Å². The summed E-state index contributed by atoms with van der Waals surface area (Å²) in [6, 6.07) is -1.18. The van der Waals surface area contributed by atoms with Gasteiger partial charge < -0.3 is 39.3 Å². The first-order chi connectivity index (χ1) is 15.7. The van der Waals surface area contributed by atoms with Crippen LogP contribution in [0.5, 0.6) is 0 Å². The lowest BCUT2D eigenvalue weighted by molar-refractivity contribution is -0.130. The van der Waals surface area contributed by atoms with Crippen molar-refractivity contribution in [2.45, 2.75) is 82.7 Å². The van der Waals surface area contributed by atoms with Crippen LogP contribution in [0.4, 0.5) is 0 Å². The predicted octanol–water partition coefficient (Wildman–Crippen LogP) is -1.25. The molecule has 0 aromatic heterocycles. The third-order valence-electron chi connectivity index (χ3n) is 5.46. The molecule has 0 aromatic carbocycles. The fraction of sp³-hybridized carbons (Fsp3) is 0.818. The van der Waals surface area contributed by atoms with Crippen LogP contribution in [0.25, 0.3) is 0 Å². The molecule has 0 saturated carbocycles. The first kappa shape index (κ1) is 30.9. The van der Waals surface area contributed by atoms with Gasteiger partial charge in [-0.1, -0.05) is 19.3 Å². The third-order valence-corrected chi connectivity index (χ3v) is 5.46. The van der Waals surface area contributed by atoms with Crippen LogP contribution in [0.1, 0.15) is 70.6 Å². The summed E-state index contributed by atoms with van der Waals surface area (Å²) < 4.78 is 0. The molecule has 3 atom stereocenters. The smallest absolute Gasteiger partial charge is 0.236 e. The van der Waals surface area contributed by atoms with Crippen LogP contribution in [0, 0.1) is 5.92 Å². The van der Waals surface area contributed by atoms with Gasteiger partial charge in [0, 0.05) is 31.8 Å². The SMILES string of the molecule is NCCCC[C@H](N)C(=O)C[C@@H](CCCCNC(=O)[C@@H](N)CCCCN)C(=O)NCCC(N)=O. The summed E-state index contributed by atoms with van der Waals surface area (Å²) in [6.07, 6.45) is 6.10. The number of primary amides is 1. The molecule has 0 bridgehead atoms. The first-order valence-electron chi connectivity index (χ1n) is 12.0. The van der Waals surface area contributed by atoms with Gasteiger partial charge in [-0.3, -0.25) is 19.2 Å². The number of nitrogens with one attached hydrogen (secondary N) is 2. The molecule has 0 rings (SSSR count). The number of unbranched alkanes of at least 4 members (excludes halogenated alkanes) is 3. The normalized spacial score (nSPS) is 13.7. The zero-order valence-electron chi connectivity index (χ0n) is 19.9. The number of amides is 3. The third kappa shape index (κ3) is 16.2. The average Bonchev–Trinajstić information content (AvgIpc) is 2.77. The largest absolute Gasteiger partial charge is 0.370 e. The van der Waals surface area contributed by atoms with Gasteiger partial charge >= 0.3 is 0 Å². The number of rotatable bonds is 21. The van der Waals surface area contributed by atoms with Crippen molar-refractivity contribution < 1.29 is 19.2 Å². The van der Waals surface area contributed by atoms with Crippen molar-refractivity contribution in [3.63, 3.8) is 0 Å². The van der Waals surface area contributed by atoms with Gasteiger partial charge in [-0.05, 0) is 51.6 Å². The topological polar surface area (TPSA) is 222 Å². The molecule has 3 amide bonds. The van der Waals surface area contributed by atoms with Gasteiger partial charge in [0.25, 0.3) is 0 Å². The van der Waals surface area contributed by atoms with E-state index < -0.39 is 23.9 Å².